The topological polar surface area (TPSA) is 12.0 Å². The number of rotatable bonds is 4. The number of nitrogens with one attached hydrogen (secondary N) is 1. The molecule has 0 aromatic heterocycles. The van der Waals surface area contributed by atoms with Gasteiger partial charge in [-0.25, -0.2) is 0 Å². The molecule has 0 aromatic rings. The minimum Gasteiger partial charge on any atom is -0.314 e. The van der Waals surface area contributed by atoms with Crippen LogP contribution < -0.4 is 5.32 Å². The van der Waals surface area contributed by atoms with Gasteiger partial charge in [0.15, 0.2) is 0 Å². The van der Waals surface area contributed by atoms with Gasteiger partial charge >= 0.3 is 0 Å². The van der Waals surface area contributed by atoms with E-state index in [1.807, 2.05) is 0 Å². The van der Waals surface area contributed by atoms with E-state index in [2.05, 4.69) is 5.32 Å². The molecule has 1 N–H and O–H groups in total. The van der Waals surface area contributed by atoms with Crippen molar-refractivity contribution in [2.24, 2.45) is 17.8 Å². The zero-order valence-electron chi connectivity index (χ0n) is 9.17. The molecule has 80 valence electrons. The minimum atomic E-state index is 0.911. The zero-order chi connectivity index (χ0) is 9.38. The van der Waals surface area contributed by atoms with E-state index in [-0.39, 0.29) is 0 Å². The fourth-order valence-corrected chi connectivity index (χ4v) is 3.75. The van der Waals surface area contributed by atoms with Gasteiger partial charge in [-0.1, -0.05) is 25.7 Å². The van der Waals surface area contributed by atoms with E-state index in [9.17, 15) is 0 Å². The largest absolute Gasteiger partial charge is 0.314 e. The molecule has 0 amide bonds. The summed E-state index contributed by atoms with van der Waals surface area (Å²) < 4.78 is 0. The summed E-state index contributed by atoms with van der Waals surface area (Å²) in [4.78, 5) is 0. The van der Waals surface area contributed by atoms with Gasteiger partial charge in [0.2, 0.25) is 0 Å². The van der Waals surface area contributed by atoms with Crippen LogP contribution in [0, 0.1) is 17.8 Å². The molecule has 14 heavy (non-hydrogen) atoms. The molecule has 2 bridgehead atoms. The molecule has 0 radical (unpaired) electrons. The molecule has 3 aliphatic carbocycles. The third kappa shape index (κ3) is 1.71. The molecule has 0 spiro atoms. The van der Waals surface area contributed by atoms with E-state index in [1.54, 1.807) is 6.42 Å². The van der Waals surface area contributed by atoms with Crippen LogP contribution in [-0.2, 0) is 0 Å². The minimum absolute atomic E-state index is 0.911. The van der Waals surface area contributed by atoms with Crippen LogP contribution in [0.1, 0.15) is 51.4 Å². The lowest BCUT2D eigenvalue weighted by Crippen LogP contribution is -2.35. The van der Waals surface area contributed by atoms with Crippen LogP contribution >= 0.6 is 0 Å². The highest BCUT2D eigenvalue weighted by atomic mass is 14.9. The highest BCUT2D eigenvalue weighted by Crippen LogP contribution is 2.44. The molecular formula is C13H23N. The standard InChI is InChI=1S/C13H23N/c1-2-10(3-1)6-7-14-13-9-11-4-5-12(13)8-11/h10-14H,1-9H2. The molecule has 3 unspecified atom stereocenters. The SMILES string of the molecule is C1CC(CCNC2CC3CCC2C3)C1. The second-order valence-electron chi connectivity index (χ2n) is 5.82. The zero-order valence-corrected chi connectivity index (χ0v) is 9.17. The number of hydrogen-bond acceptors (Lipinski definition) is 1. The Balaban J connectivity index is 1.36. The van der Waals surface area contributed by atoms with Crippen LogP contribution in [0.3, 0.4) is 0 Å². The van der Waals surface area contributed by atoms with Crippen molar-refractivity contribution in [2.75, 3.05) is 6.54 Å². The Morgan fingerprint density at radius 1 is 1.00 bits per heavy atom. The third-order valence-electron chi connectivity index (χ3n) is 4.92. The van der Waals surface area contributed by atoms with Gasteiger partial charge in [0, 0.05) is 6.04 Å². The Morgan fingerprint density at radius 3 is 2.50 bits per heavy atom. The highest BCUT2D eigenvalue weighted by molar-refractivity contribution is 4.94. The summed E-state index contributed by atoms with van der Waals surface area (Å²) in [5, 5.41) is 3.81. The summed E-state index contributed by atoms with van der Waals surface area (Å²) in [6, 6.07) is 0.911. The molecule has 3 fully saturated rings. The molecule has 3 saturated carbocycles. The van der Waals surface area contributed by atoms with E-state index in [4.69, 9.17) is 0 Å². The van der Waals surface area contributed by atoms with Crippen LogP contribution in [0.25, 0.3) is 0 Å². The smallest absolute Gasteiger partial charge is 0.00980 e. The maximum absolute atomic E-state index is 3.81. The van der Waals surface area contributed by atoms with Crippen molar-refractivity contribution in [3.63, 3.8) is 0 Å². The van der Waals surface area contributed by atoms with Crippen molar-refractivity contribution in [1.29, 1.82) is 0 Å². The van der Waals surface area contributed by atoms with Gasteiger partial charge in [-0.15, -0.1) is 0 Å². The maximum Gasteiger partial charge on any atom is 0.00980 e. The van der Waals surface area contributed by atoms with E-state index in [0.717, 1.165) is 23.8 Å². The Kier molecular flexibility index (Phi) is 2.53. The Morgan fingerprint density at radius 2 is 1.93 bits per heavy atom. The first-order valence-electron chi connectivity index (χ1n) is 6.65. The third-order valence-corrected chi connectivity index (χ3v) is 4.92. The van der Waals surface area contributed by atoms with Crippen LogP contribution in [-0.4, -0.2) is 12.6 Å². The second-order valence-corrected chi connectivity index (χ2v) is 5.82. The Labute approximate surface area is 87.7 Å². The van der Waals surface area contributed by atoms with Gasteiger partial charge < -0.3 is 5.32 Å². The maximum atomic E-state index is 3.81. The summed E-state index contributed by atoms with van der Waals surface area (Å²) in [6.07, 6.45) is 12.1. The van der Waals surface area contributed by atoms with E-state index in [0.29, 0.717) is 0 Å². The first-order valence-corrected chi connectivity index (χ1v) is 6.65. The van der Waals surface area contributed by atoms with Crippen LogP contribution in [0.4, 0.5) is 0 Å². The lowest BCUT2D eigenvalue weighted by Gasteiger charge is -2.28. The summed E-state index contributed by atoms with van der Waals surface area (Å²) in [7, 11) is 0. The molecule has 3 aliphatic rings. The molecule has 3 atom stereocenters. The lowest BCUT2D eigenvalue weighted by molar-refractivity contribution is 0.274. The summed E-state index contributed by atoms with van der Waals surface area (Å²) in [5.74, 6) is 3.24. The lowest BCUT2D eigenvalue weighted by atomic mass is 9.83. The predicted molar refractivity (Wildman–Crippen MR) is 59.2 cm³/mol. The van der Waals surface area contributed by atoms with E-state index < -0.39 is 0 Å². The monoisotopic (exact) mass is 193 g/mol. The van der Waals surface area contributed by atoms with E-state index in [1.165, 1.54) is 51.5 Å². The molecule has 3 rings (SSSR count). The number of fused-ring (bicyclic) bond motifs is 2. The van der Waals surface area contributed by atoms with Crippen molar-refractivity contribution in [3.05, 3.63) is 0 Å². The second kappa shape index (κ2) is 3.84. The highest BCUT2D eigenvalue weighted by Gasteiger charge is 2.38. The fourth-order valence-electron chi connectivity index (χ4n) is 3.75. The molecule has 0 aliphatic heterocycles. The van der Waals surface area contributed by atoms with Crippen molar-refractivity contribution < 1.29 is 0 Å². The van der Waals surface area contributed by atoms with Crippen LogP contribution in [0.15, 0.2) is 0 Å². The molecule has 0 saturated heterocycles. The van der Waals surface area contributed by atoms with Gasteiger partial charge in [0.25, 0.3) is 0 Å². The molecule has 0 aromatic carbocycles. The molecule has 0 heterocycles. The van der Waals surface area contributed by atoms with Crippen LogP contribution in [0.2, 0.25) is 0 Å². The first kappa shape index (κ1) is 9.21. The van der Waals surface area contributed by atoms with Gasteiger partial charge in [-0.2, -0.15) is 0 Å². The molecule has 1 heteroatoms. The Hall–Kier alpha value is -0.0400. The van der Waals surface area contributed by atoms with Crippen molar-refractivity contribution in [1.82, 2.24) is 5.32 Å². The van der Waals surface area contributed by atoms with Gasteiger partial charge in [0.05, 0.1) is 0 Å². The molecule has 1 nitrogen and oxygen atoms in total. The quantitative estimate of drug-likeness (QED) is 0.724. The van der Waals surface area contributed by atoms with Crippen molar-refractivity contribution in [2.45, 2.75) is 57.4 Å². The average molecular weight is 193 g/mol. The average Bonchev–Trinajstić information content (AvgIpc) is 2.70. The number of hydrogen-bond donors (Lipinski definition) is 1. The van der Waals surface area contributed by atoms with E-state index >= 15 is 0 Å². The first-order chi connectivity index (χ1) is 6.92. The summed E-state index contributed by atoms with van der Waals surface area (Å²) >= 11 is 0. The van der Waals surface area contributed by atoms with Gasteiger partial charge in [-0.05, 0) is 50.0 Å². The predicted octanol–water partition coefficient (Wildman–Crippen LogP) is 2.95. The normalized spacial score (nSPS) is 41.6. The van der Waals surface area contributed by atoms with Crippen molar-refractivity contribution >= 4 is 0 Å². The molecular weight excluding hydrogens is 170 g/mol. The Bertz CT molecular complexity index is 197. The van der Waals surface area contributed by atoms with Gasteiger partial charge in [0.1, 0.15) is 0 Å². The fraction of sp³-hybridized carbons (Fsp3) is 1.00. The van der Waals surface area contributed by atoms with Crippen LogP contribution in [0.5, 0.6) is 0 Å². The van der Waals surface area contributed by atoms with Crippen molar-refractivity contribution in [3.8, 4) is 0 Å². The summed E-state index contributed by atoms with van der Waals surface area (Å²) in [5.41, 5.74) is 0. The van der Waals surface area contributed by atoms with Gasteiger partial charge in [-0.3, -0.25) is 0 Å². The summed E-state index contributed by atoms with van der Waals surface area (Å²) in [6.45, 7) is 1.30.